The monoisotopic (exact) mass is 717 g/mol. The summed E-state index contributed by atoms with van der Waals surface area (Å²) in [5.74, 6) is 1.53. The van der Waals surface area contributed by atoms with E-state index in [0.717, 1.165) is 41.3 Å². The molecule has 239 valence electrons. The first-order valence-electron chi connectivity index (χ1n) is 14.5. The van der Waals surface area contributed by atoms with Gasteiger partial charge in [-0.05, 0) is 81.4 Å². The van der Waals surface area contributed by atoms with E-state index in [4.69, 9.17) is 9.16 Å². The molecule has 0 N–H and O–H groups in total. The zero-order chi connectivity index (χ0) is 31.9. The summed E-state index contributed by atoms with van der Waals surface area (Å²) in [4.78, 5) is 0.727. The minimum absolute atomic E-state index is 0. The fourth-order valence-electron chi connectivity index (χ4n) is 4.58. The van der Waals surface area contributed by atoms with Crippen LogP contribution in [0.2, 0.25) is 0 Å². The van der Waals surface area contributed by atoms with Crippen LogP contribution in [0.25, 0.3) is 0 Å². The Labute approximate surface area is 291 Å². The van der Waals surface area contributed by atoms with Crippen molar-refractivity contribution in [1.29, 1.82) is 0 Å². The van der Waals surface area contributed by atoms with Gasteiger partial charge in [0.15, 0.2) is 15.6 Å². The van der Waals surface area contributed by atoms with Crippen LogP contribution < -0.4 is 0 Å². The van der Waals surface area contributed by atoms with Gasteiger partial charge in [0, 0.05) is 47.6 Å². The maximum Gasteiger partial charge on any atom is 0.365 e. The number of aryl methyl sites for hydroxylation is 2. The molecule has 0 aliphatic heterocycles. The molecule has 10 heteroatoms. The van der Waals surface area contributed by atoms with E-state index in [-0.39, 0.29) is 46.8 Å². The summed E-state index contributed by atoms with van der Waals surface area (Å²) in [5.41, 5.74) is 4.66. The van der Waals surface area contributed by atoms with Gasteiger partial charge in [-0.1, -0.05) is 71.5 Å². The van der Waals surface area contributed by atoms with E-state index in [1.54, 1.807) is 30.3 Å². The van der Waals surface area contributed by atoms with Crippen LogP contribution in [0.15, 0.2) is 86.4 Å². The number of carbonyl (C=O) groups excluding carboxylic acids is 1. The molecule has 3 radical (unpaired) electrons. The smallest absolute Gasteiger partial charge is 0.365 e. The Morgan fingerprint density at radius 1 is 0.864 bits per heavy atom. The van der Waals surface area contributed by atoms with E-state index >= 15 is 0 Å². The Morgan fingerprint density at radius 2 is 1.39 bits per heavy atom. The lowest BCUT2D eigenvalue weighted by molar-refractivity contribution is -0.455. The third-order valence-electron chi connectivity index (χ3n) is 6.38. The second kappa shape index (κ2) is 16.5. The van der Waals surface area contributed by atoms with E-state index in [1.165, 1.54) is 0 Å². The minimum atomic E-state index is -3.30. The minimum Gasteiger partial charge on any atom is -0.761 e. The van der Waals surface area contributed by atoms with Crippen LogP contribution >= 0.6 is 26.5 Å². The van der Waals surface area contributed by atoms with Crippen molar-refractivity contribution in [3.05, 3.63) is 87.8 Å². The molecule has 0 unspecified atom stereocenters. The molecule has 0 atom stereocenters. The summed E-state index contributed by atoms with van der Waals surface area (Å²) in [5, 5.41) is 0. The molecule has 0 fully saturated rings. The quantitative estimate of drug-likeness (QED) is 0.0906. The highest BCUT2D eigenvalue weighted by Crippen LogP contribution is 2.52. The third-order valence-corrected chi connectivity index (χ3v) is 11.5. The fraction of sp³-hybridized carbons (Fsp3) is 0.471. The van der Waals surface area contributed by atoms with Gasteiger partial charge in [-0.2, -0.15) is 0 Å². The average Bonchev–Trinajstić information content (AvgIpc) is 2.88. The van der Waals surface area contributed by atoms with Crippen LogP contribution in [0.3, 0.4) is 0 Å². The molecule has 2 aromatic rings. The van der Waals surface area contributed by atoms with Crippen LogP contribution in [0.5, 0.6) is 0 Å². The van der Waals surface area contributed by atoms with Crippen LogP contribution in [0, 0.1) is 10.8 Å². The second-order valence-electron chi connectivity index (χ2n) is 13.3. The number of halogens is 1. The first-order valence-corrected chi connectivity index (χ1v) is 18.6. The predicted molar refractivity (Wildman–Crippen MR) is 185 cm³/mol. The lowest BCUT2D eigenvalue weighted by atomic mass is 10.0. The van der Waals surface area contributed by atoms with Crippen molar-refractivity contribution in [3.63, 3.8) is 0 Å². The van der Waals surface area contributed by atoms with E-state index < -0.39 is 20.4 Å². The Balaban J connectivity index is 0.00000506. The number of benzene rings is 2. The summed E-state index contributed by atoms with van der Waals surface area (Å²) in [7, 11) is -6.59. The van der Waals surface area contributed by atoms with Crippen LogP contribution in [0.4, 0.5) is 0 Å². The van der Waals surface area contributed by atoms with E-state index in [2.05, 4.69) is 21.7 Å². The molecule has 2 aromatic carbocycles. The number of hydrogen-bond acceptors (Lipinski definition) is 4. The van der Waals surface area contributed by atoms with Crippen molar-refractivity contribution >= 4 is 65.2 Å². The number of ketones is 1. The highest BCUT2D eigenvalue weighted by molar-refractivity contribution is 9.12. The summed E-state index contributed by atoms with van der Waals surface area (Å²) < 4.78 is 62.9. The molecule has 6 nitrogen and oxygen atoms in total. The van der Waals surface area contributed by atoms with Crippen LogP contribution in [-0.2, 0) is 36.4 Å². The topological polar surface area (TPSA) is 97.6 Å². The standard InChI is InChI=1S/C34H44BrO6S2.Mg.H2/c1-33(2,3)24-42(36,37)29-16-11-26(12-17-29)9-7-21-40-28-15-20-32(31(35)23-28)41-22-8-10-27-13-18-30(19-14-27)43(38,39)25-34(4,5)6;;/h11-14,16-20,23H,7-10,21-22,24-25H2,1-6H3;;1H. The van der Waals surface area contributed by atoms with Gasteiger partial charge in [0.25, 0.3) is 6.61 Å². The molecule has 0 aromatic heterocycles. The van der Waals surface area contributed by atoms with Gasteiger partial charge in [0.1, 0.15) is 4.48 Å². The molecule has 0 bridgehead atoms. The fourth-order valence-corrected chi connectivity index (χ4v) is 8.73. The van der Waals surface area contributed by atoms with Gasteiger partial charge in [-0.15, -0.1) is 4.55 Å². The van der Waals surface area contributed by atoms with Crippen LogP contribution in [-0.4, -0.2) is 66.5 Å². The van der Waals surface area contributed by atoms with E-state index in [0.29, 0.717) is 34.5 Å². The molecule has 0 amide bonds. The van der Waals surface area contributed by atoms with Crippen molar-refractivity contribution in [1.82, 2.24) is 0 Å². The molecule has 44 heavy (non-hydrogen) atoms. The highest BCUT2D eigenvalue weighted by Gasteiger charge is 2.24. The lowest BCUT2D eigenvalue weighted by Gasteiger charge is -2.46. The van der Waals surface area contributed by atoms with E-state index in [1.807, 2.05) is 71.9 Å². The third kappa shape index (κ3) is 13.2. The average molecular weight is 719 g/mol. The van der Waals surface area contributed by atoms with Crippen LogP contribution in [0.1, 0.15) is 66.9 Å². The van der Waals surface area contributed by atoms with Gasteiger partial charge in [-0.3, -0.25) is 15.0 Å². The van der Waals surface area contributed by atoms with Crippen molar-refractivity contribution < 1.29 is 28.1 Å². The Bertz CT molecular complexity index is 1480. The van der Waals surface area contributed by atoms with Crippen molar-refractivity contribution in [2.45, 2.75) is 77.0 Å². The summed E-state index contributed by atoms with van der Waals surface area (Å²) in [6.45, 7) is 12.5. The van der Waals surface area contributed by atoms with Gasteiger partial charge in [0.05, 0.1) is 23.3 Å². The molecule has 0 saturated carbocycles. The second-order valence-corrected chi connectivity index (χ2v) is 18.2. The van der Waals surface area contributed by atoms with Crippen molar-refractivity contribution in [3.8, 4) is 0 Å². The first-order chi connectivity index (χ1) is 19.9. The molecule has 0 saturated heterocycles. The molecule has 3 rings (SSSR count). The summed E-state index contributed by atoms with van der Waals surface area (Å²) >= 11 is 3.55. The highest BCUT2D eigenvalue weighted by atomic mass is 79.9. The van der Waals surface area contributed by atoms with Crippen molar-refractivity contribution in [2.24, 2.45) is 10.8 Å². The molecule has 1 aliphatic carbocycles. The number of ether oxygens (including phenoxy) is 1. The largest absolute Gasteiger partial charge is 0.761 e. The van der Waals surface area contributed by atoms with E-state index in [9.17, 15) is 17.5 Å². The number of allylic oxidation sites excluding steroid dienone is 2. The maximum absolute atomic E-state index is 12.6. The number of hydrogen-bond donors (Lipinski definition) is 0. The Kier molecular flexibility index (Phi) is 14.5. The SMILES string of the molecule is CC(C)(C)CS([O])([O-])c1ccc(CCCOC2=C=CC(=[O+]CCCc3ccc(S(=O)(=O)CC(C)(C)C)cc3)C(Br)=C2)cc1.[HH].[Mg]. The van der Waals surface area contributed by atoms with Gasteiger partial charge in [-0.25, -0.2) is 8.42 Å². The summed E-state index contributed by atoms with van der Waals surface area (Å²) in [6, 6.07) is 14.3. The Morgan fingerprint density at radius 3 is 1.91 bits per heavy atom. The molecular weight excluding hydrogens is 673 g/mol. The zero-order valence-corrected chi connectivity index (χ0v) is 31.4. The van der Waals surface area contributed by atoms with Gasteiger partial charge < -0.3 is 9.29 Å². The number of sulfone groups is 2. The lowest BCUT2D eigenvalue weighted by Crippen LogP contribution is -2.20. The normalized spacial score (nSPS) is 16.9. The summed E-state index contributed by atoms with van der Waals surface area (Å²) in [6.07, 6.45) is 6.70. The predicted octanol–water partition coefficient (Wildman–Crippen LogP) is 8.08. The number of rotatable bonds is 13. The molecule has 0 spiro atoms. The first kappa shape index (κ1) is 38.8. The maximum atomic E-state index is 12.6. The molecule has 1 aliphatic rings. The molecule has 0 heterocycles. The zero-order valence-electron chi connectivity index (χ0n) is 26.8. The molecular formula is C34H46BrMgO6S2. The Hall–Kier alpha value is -1.36. The van der Waals surface area contributed by atoms with Gasteiger partial charge >= 0.3 is 5.78 Å². The van der Waals surface area contributed by atoms with Gasteiger partial charge in [0.2, 0.25) is 0 Å². The van der Waals surface area contributed by atoms with Crippen molar-refractivity contribution in [2.75, 3.05) is 24.7 Å².